The van der Waals surface area contributed by atoms with Gasteiger partial charge in [0.25, 0.3) is 5.56 Å². The van der Waals surface area contributed by atoms with Gasteiger partial charge >= 0.3 is 5.97 Å². The fourth-order valence-electron chi connectivity index (χ4n) is 1.73. The Morgan fingerprint density at radius 2 is 2.09 bits per heavy atom. The van der Waals surface area contributed by atoms with Gasteiger partial charge in [-0.15, -0.1) is 0 Å². The van der Waals surface area contributed by atoms with E-state index in [-0.39, 0.29) is 12.2 Å². The molecule has 0 bridgehead atoms. The molecule has 7 heteroatoms. The number of nitrogens with zero attached hydrogens (tertiary/aromatic N) is 2. The molecule has 0 saturated heterocycles. The fraction of sp³-hybridized carbons (Fsp3) is 0.133. The predicted molar refractivity (Wildman–Crippen MR) is 81.8 cm³/mol. The van der Waals surface area contributed by atoms with Gasteiger partial charge in [-0.3, -0.25) is 9.36 Å². The van der Waals surface area contributed by atoms with Gasteiger partial charge in [0.1, 0.15) is 5.69 Å². The normalized spacial score (nSPS) is 10.8. The van der Waals surface area contributed by atoms with Crippen molar-refractivity contribution in [2.45, 2.75) is 6.54 Å². The molecule has 0 fully saturated rings. The second kappa shape index (κ2) is 6.91. The summed E-state index contributed by atoms with van der Waals surface area (Å²) < 4.78 is 5.68. The average Bonchev–Trinajstić information content (AvgIpc) is 2.52. The smallest absolute Gasteiger partial charge is 0.330 e. The van der Waals surface area contributed by atoms with Crippen molar-refractivity contribution in [3.8, 4) is 5.75 Å². The minimum atomic E-state index is -0.605. The third-order valence-corrected chi connectivity index (χ3v) is 3.14. The van der Waals surface area contributed by atoms with Crippen LogP contribution >= 0.6 is 11.6 Å². The Kier molecular flexibility index (Phi) is 4.95. The number of rotatable bonds is 4. The Bertz CT molecular complexity index is 766. The first-order valence-electron chi connectivity index (χ1n) is 6.30. The zero-order chi connectivity index (χ0) is 16.1. The van der Waals surface area contributed by atoms with Crippen LogP contribution in [0.5, 0.6) is 5.75 Å². The number of aromatic hydroxyl groups is 1. The molecule has 0 aliphatic rings. The molecule has 0 aliphatic heterocycles. The second-order valence-corrected chi connectivity index (χ2v) is 4.83. The van der Waals surface area contributed by atoms with Gasteiger partial charge in [-0.25, -0.2) is 9.78 Å². The zero-order valence-electron chi connectivity index (χ0n) is 11.7. The van der Waals surface area contributed by atoms with Crippen molar-refractivity contribution in [3.63, 3.8) is 0 Å². The maximum atomic E-state index is 12.1. The standard InChI is InChI=1S/C15H13ClN2O4/c1-22-13(19)7-6-12-14(20)15(21)18(9-17-12)8-10-2-4-11(16)5-3-10/h2-7,9,20H,8H2,1H3. The van der Waals surface area contributed by atoms with Gasteiger partial charge in [0.15, 0.2) is 0 Å². The summed E-state index contributed by atoms with van der Waals surface area (Å²) >= 11 is 5.80. The quantitative estimate of drug-likeness (QED) is 0.686. The first-order valence-corrected chi connectivity index (χ1v) is 6.68. The van der Waals surface area contributed by atoms with Crippen molar-refractivity contribution < 1.29 is 14.6 Å². The summed E-state index contributed by atoms with van der Waals surface area (Å²) in [4.78, 5) is 27.0. The van der Waals surface area contributed by atoms with E-state index >= 15 is 0 Å². The lowest BCUT2D eigenvalue weighted by molar-refractivity contribution is -0.134. The van der Waals surface area contributed by atoms with Gasteiger partial charge in [0.2, 0.25) is 5.75 Å². The molecule has 0 aliphatic carbocycles. The highest BCUT2D eigenvalue weighted by Crippen LogP contribution is 2.12. The Morgan fingerprint density at radius 1 is 1.41 bits per heavy atom. The lowest BCUT2D eigenvalue weighted by Gasteiger charge is -2.07. The van der Waals surface area contributed by atoms with Crippen LogP contribution in [-0.2, 0) is 16.1 Å². The van der Waals surface area contributed by atoms with Crippen LogP contribution in [0.15, 0.2) is 41.5 Å². The molecule has 0 amide bonds. The highest BCUT2D eigenvalue weighted by Gasteiger charge is 2.09. The summed E-state index contributed by atoms with van der Waals surface area (Å²) in [5.41, 5.74) is 0.239. The molecule has 2 rings (SSSR count). The molecule has 1 N–H and O–H groups in total. The molecule has 0 radical (unpaired) electrons. The number of aromatic nitrogens is 2. The van der Waals surface area contributed by atoms with E-state index in [0.29, 0.717) is 5.02 Å². The number of ether oxygens (including phenoxy) is 1. The first-order chi connectivity index (χ1) is 10.5. The van der Waals surface area contributed by atoms with Crippen LogP contribution in [0, 0.1) is 0 Å². The molecule has 114 valence electrons. The van der Waals surface area contributed by atoms with Gasteiger partial charge in [0.05, 0.1) is 20.0 Å². The predicted octanol–water partition coefficient (Wildman–Crippen LogP) is 1.84. The van der Waals surface area contributed by atoms with Crippen molar-refractivity contribution in [2.75, 3.05) is 7.11 Å². The van der Waals surface area contributed by atoms with E-state index in [2.05, 4.69) is 9.72 Å². The van der Waals surface area contributed by atoms with Crippen LogP contribution in [0.1, 0.15) is 11.3 Å². The minimum absolute atomic E-state index is 0.00255. The van der Waals surface area contributed by atoms with Crippen LogP contribution in [0.4, 0.5) is 0 Å². The SMILES string of the molecule is COC(=O)C=Cc1ncn(Cc2ccc(Cl)cc2)c(=O)c1O. The second-order valence-electron chi connectivity index (χ2n) is 4.39. The molecule has 0 spiro atoms. The number of halogens is 1. The first kappa shape index (κ1) is 15.8. The number of hydrogen-bond donors (Lipinski definition) is 1. The lowest BCUT2D eigenvalue weighted by atomic mass is 10.2. The van der Waals surface area contributed by atoms with Crippen LogP contribution in [0.25, 0.3) is 6.08 Å². The van der Waals surface area contributed by atoms with Crippen LogP contribution in [0.3, 0.4) is 0 Å². The summed E-state index contributed by atoms with van der Waals surface area (Å²) in [7, 11) is 1.23. The Labute approximate surface area is 131 Å². The van der Waals surface area contributed by atoms with Crippen LogP contribution in [-0.4, -0.2) is 27.7 Å². The highest BCUT2D eigenvalue weighted by atomic mass is 35.5. The van der Waals surface area contributed by atoms with Crippen molar-refractivity contribution in [1.82, 2.24) is 9.55 Å². The highest BCUT2D eigenvalue weighted by molar-refractivity contribution is 6.30. The topological polar surface area (TPSA) is 81.4 Å². The van der Waals surface area contributed by atoms with Gasteiger partial charge < -0.3 is 9.84 Å². The molecule has 1 aromatic carbocycles. The van der Waals surface area contributed by atoms with E-state index < -0.39 is 17.3 Å². The van der Waals surface area contributed by atoms with E-state index in [9.17, 15) is 14.7 Å². The summed E-state index contributed by atoms with van der Waals surface area (Å²) in [6, 6.07) is 6.97. The number of benzene rings is 1. The van der Waals surface area contributed by atoms with Crippen molar-refractivity contribution in [2.24, 2.45) is 0 Å². The van der Waals surface area contributed by atoms with Gasteiger partial charge in [-0.2, -0.15) is 0 Å². The lowest BCUT2D eigenvalue weighted by Crippen LogP contribution is -2.21. The van der Waals surface area contributed by atoms with E-state index in [1.54, 1.807) is 24.3 Å². The van der Waals surface area contributed by atoms with Gasteiger partial charge in [-0.05, 0) is 23.8 Å². The number of methoxy groups -OCH3 is 1. The van der Waals surface area contributed by atoms with E-state index in [0.717, 1.165) is 11.6 Å². The molecule has 1 heterocycles. The molecular formula is C15H13ClN2O4. The molecule has 0 unspecified atom stereocenters. The third-order valence-electron chi connectivity index (χ3n) is 2.89. The molecule has 22 heavy (non-hydrogen) atoms. The van der Waals surface area contributed by atoms with Crippen LogP contribution in [0.2, 0.25) is 5.02 Å². The monoisotopic (exact) mass is 320 g/mol. The number of carbonyl (C=O) groups is 1. The van der Waals surface area contributed by atoms with E-state index in [1.807, 2.05) is 0 Å². The molecule has 2 aromatic rings. The molecular weight excluding hydrogens is 308 g/mol. The average molecular weight is 321 g/mol. The van der Waals surface area contributed by atoms with Gasteiger partial charge in [0, 0.05) is 11.1 Å². The minimum Gasteiger partial charge on any atom is -0.502 e. The van der Waals surface area contributed by atoms with Crippen molar-refractivity contribution in [3.05, 3.63) is 63.3 Å². The molecule has 0 saturated carbocycles. The summed E-state index contributed by atoms with van der Waals surface area (Å²) in [6.07, 6.45) is 3.59. The summed E-state index contributed by atoms with van der Waals surface area (Å²) in [5.74, 6) is -1.14. The van der Waals surface area contributed by atoms with Crippen molar-refractivity contribution >= 4 is 23.6 Å². The third kappa shape index (κ3) is 3.73. The number of carbonyl (C=O) groups excluding carboxylic acids is 1. The number of esters is 1. The molecule has 1 aromatic heterocycles. The van der Waals surface area contributed by atoms with Crippen molar-refractivity contribution in [1.29, 1.82) is 0 Å². The largest absolute Gasteiger partial charge is 0.502 e. The van der Waals surface area contributed by atoms with Gasteiger partial charge in [-0.1, -0.05) is 23.7 Å². The van der Waals surface area contributed by atoms with E-state index in [4.69, 9.17) is 11.6 Å². The zero-order valence-corrected chi connectivity index (χ0v) is 12.4. The fourth-order valence-corrected chi connectivity index (χ4v) is 1.85. The number of hydrogen-bond acceptors (Lipinski definition) is 5. The Balaban J connectivity index is 2.27. The Morgan fingerprint density at radius 3 is 2.73 bits per heavy atom. The Hall–Kier alpha value is -2.60. The summed E-state index contributed by atoms with van der Waals surface area (Å²) in [6.45, 7) is 0.248. The maximum absolute atomic E-state index is 12.1. The summed E-state index contributed by atoms with van der Waals surface area (Å²) in [5, 5.41) is 10.5. The molecule has 0 atom stereocenters. The maximum Gasteiger partial charge on any atom is 0.330 e. The van der Waals surface area contributed by atoms with Crippen LogP contribution < -0.4 is 5.56 Å². The molecule has 6 nitrogen and oxygen atoms in total. The van der Waals surface area contributed by atoms with E-state index in [1.165, 1.54) is 24.1 Å².